The minimum absolute atomic E-state index is 0.0682. The van der Waals surface area contributed by atoms with E-state index < -0.39 is 0 Å². The Bertz CT molecular complexity index is 229. The third-order valence-corrected chi connectivity index (χ3v) is 4.28. The van der Waals surface area contributed by atoms with Crippen LogP contribution in [-0.2, 0) is 9.94 Å². The molecule has 0 saturated carbocycles. The van der Waals surface area contributed by atoms with Gasteiger partial charge in [-0.2, -0.15) is 5.06 Å². The van der Waals surface area contributed by atoms with Crippen LogP contribution in [0.15, 0.2) is 0 Å². The van der Waals surface area contributed by atoms with E-state index in [1.807, 2.05) is 5.06 Å². The van der Waals surface area contributed by atoms with Gasteiger partial charge in [-0.15, -0.1) is 0 Å². The summed E-state index contributed by atoms with van der Waals surface area (Å²) >= 11 is 0. The molecule has 0 aliphatic carbocycles. The van der Waals surface area contributed by atoms with E-state index >= 15 is 0 Å². The van der Waals surface area contributed by atoms with Gasteiger partial charge in [-0.25, -0.2) is 5.11 Å². The Kier molecular flexibility index (Phi) is 3.03. The summed E-state index contributed by atoms with van der Waals surface area (Å²) in [7, 11) is 1.67. The van der Waals surface area contributed by atoms with Crippen LogP contribution in [-0.4, -0.2) is 42.9 Å². The first kappa shape index (κ1) is 11.3. The van der Waals surface area contributed by atoms with Gasteiger partial charge in [0, 0.05) is 12.1 Å². The van der Waals surface area contributed by atoms with Crippen molar-refractivity contribution in [3.8, 4) is 0 Å². The SMILES string of the molecule is CON1CCC[C@]1(C[O])[C@@]1(C)CCCN1. The van der Waals surface area contributed by atoms with Crippen LogP contribution in [0.25, 0.3) is 0 Å². The molecule has 2 aliphatic heterocycles. The summed E-state index contributed by atoms with van der Waals surface area (Å²) in [6, 6.07) is 0. The molecular formula is C11H21N2O2. The third kappa shape index (κ3) is 1.51. The number of nitrogens with zero attached hydrogens (tertiary/aromatic N) is 1. The van der Waals surface area contributed by atoms with E-state index in [0.717, 1.165) is 38.8 Å². The van der Waals surface area contributed by atoms with Crippen LogP contribution >= 0.6 is 0 Å². The van der Waals surface area contributed by atoms with Crippen LogP contribution < -0.4 is 5.32 Å². The highest BCUT2D eigenvalue weighted by Crippen LogP contribution is 2.42. The maximum Gasteiger partial charge on any atom is 0.105 e. The molecular weight excluding hydrogens is 192 g/mol. The molecule has 87 valence electrons. The summed E-state index contributed by atoms with van der Waals surface area (Å²) in [5, 5.41) is 17.1. The molecule has 4 nitrogen and oxygen atoms in total. The van der Waals surface area contributed by atoms with Crippen molar-refractivity contribution >= 4 is 0 Å². The van der Waals surface area contributed by atoms with Gasteiger partial charge in [0.25, 0.3) is 0 Å². The number of nitrogens with one attached hydrogen (secondary N) is 1. The lowest BCUT2D eigenvalue weighted by atomic mass is 9.76. The molecule has 2 rings (SSSR count). The highest BCUT2D eigenvalue weighted by atomic mass is 16.7. The van der Waals surface area contributed by atoms with E-state index in [9.17, 15) is 5.11 Å². The molecule has 0 spiro atoms. The summed E-state index contributed by atoms with van der Waals surface area (Å²) in [5.41, 5.74) is -0.403. The Balaban J connectivity index is 2.26. The first-order valence-electron chi connectivity index (χ1n) is 5.83. The number of rotatable bonds is 3. The summed E-state index contributed by atoms with van der Waals surface area (Å²) < 4.78 is 0. The minimum Gasteiger partial charge on any atom is -0.310 e. The first-order valence-corrected chi connectivity index (χ1v) is 5.83. The lowest BCUT2D eigenvalue weighted by Crippen LogP contribution is -2.65. The van der Waals surface area contributed by atoms with Crippen LogP contribution in [0.1, 0.15) is 32.6 Å². The summed E-state index contributed by atoms with van der Waals surface area (Å²) in [4.78, 5) is 5.39. The quantitative estimate of drug-likeness (QED) is 0.759. The van der Waals surface area contributed by atoms with Crippen molar-refractivity contribution in [1.82, 2.24) is 10.4 Å². The second-order valence-electron chi connectivity index (χ2n) is 4.93. The predicted octanol–water partition coefficient (Wildman–Crippen LogP) is 0.955. The summed E-state index contributed by atoms with van der Waals surface area (Å²) in [6.07, 6.45) is 4.26. The Morgan fingerprint density at radius 3 is 2.73 bits per heavy atom. The largest absolute Gasteiger partial charge is 0.310 e. The van der Waals surface area contributed by atoms with Gasteiger partial charge in [-0.05, 0) is 39.2 Å². The maximum atomic E-state index is 11.7. The average molecular weight is 213 g/mol. The topological polar surface area (TPSA) is 44.4 Å². The Morgan fingerprint density at radius 1 is 1.40 bits per heavy atom. The normalized spacial score (nSPS) is 42.6. The van der Waals surface area contributed by atoms with Crippen molar-refractivity contribution in [2.24, 2.45) is 0 Å². The van der Waals surface area contributed by atoms with Crippen LogP contribution in [0.4, 0.5) is 0 Å². The fourth-order valence-electron chi connectivity index (χ4n) is 3.27. The molecule has 2 saturated heterocycles. The van der Waals surface area contributed by atoms with Gasteiger partial charge in [0.2, 0.25) is 0 Å². The second kappa shape index (κ2) is 4.01. The predicted molar refractivity (Wildman–Crippen MR) is 56.9 cm³/mol. The molecule has 15 heavy (non-hydrogen) atoms. The highest BCUT2D eigenvalue weighted by molar-refractivity contribution is 5.12. The van der Waals surface area contributed by atoms with Gasteiger partial charge in [0.15, 0.2) is 0 Å². The molecule has 0 aromatic carbocycles. The number of hydroxylamine groups is 2. The van der Waals surface area contributed by atoms with Gasteiger partial charge in [-0.1, -0.05) is 0 Å². The standard InChI is InChI=1S/C11H21N2O2/c1-10(5-3-7-12-10)11(9-14)6-4-8-13(11)15-2/h12H,3-9H2,1-2H3/t10-,11+/m1/s1. The summed E-state index contributed by atoms with van der Waals surface area (Å²) in [5.74, 6) is 0. The molecule has 0 unspecified atom stereocenters. The van der Waals surface area contributed by atoms with Crippen molar-refractivity contribution in [3.05, 3.63) is 0 Å². The molecule has 0 amide bonds. The molecule has 2 aliphatic rings. The molecule has 0 aromatic heterocycles. The molecule has 1 radical (unpaired) electrons. The molecule has 0 bridgehead atoms. The van der Waals surface area contributed by atoms with Crippen LogP contribution in [0, 0.1) is 0 Å². The smallest absolute Gasteiger partial charge is 0.105 e. The lowest BCUT2D eigenvalue weighted by molar-refractivity contribution is -0.218. The molecule has 2 atom stereocenters. The van der Waals surface area contributed by atoms with Crippen LogP contribution in [0.5, 0.6) is 0 Å². The minimum atomic E-state index is -0.335. The molecule has 4 heteroatoms. The summed E-state index contributed by atoms with van der Waals surface area (Å²) in [6.45, 7) is 4.01. The van der Waals surface area contributed by atoms with E-state index in [-0.39, 0.29) is 17.7 Å². The lowest BCUT2D eigenvalue weighted by Gasteiger charge is -2.47. The Hall–Kier alpha value is -0.160. The maximum absolute atomic E-state index is 11.7. The second-order valence-corrected chi connectivity index (χ2v) is 4.93. The zero-order chi connectivity index (χ0) is 10.9. The van der Waals surface area contributed by atoms with Crippen LogP contribution in [0.3, 0.4) is 0 Å². The fraction of sp³-hybridized carbons (Fsp3) is 1.00. The zero-order valence-corrected chi connectivity index (χ0v) is 9.71. The van der Waals surface area contributed by atoms with Crippen molar-refractivity contribution < 1.29 is 9.94 Å². The van der Waals surface area contributed by atoms with Crippen molar-refractivity contribution in [2.45, 2.75) is 43.7 Å². The number of hydrogen-bond donors (Lipinski definition) is 1. The van der Waals surface area contributed by atoms with Gasteiger partial charge < -0.3 is 10.2 Å². The van der Waals surface area contributed by atoms with Gasteiger partial charge >= 0.3 is 0 Å². The van der Waals surface area contributed by atoms with Crippen molar-refractivity contribution in [3.63, 3.8) is 0 Å². The van der Waals surface area contributed by atoms with E-state index in [0.29, 0.717) is 0 Å². The molecule has 1 N–H and O–H groups in total. The molecule has 2 heterocycles. The Morgan fingerprint density at radius 2 is 2.20 bits per heavy atom. The van der Waals surface area contributed by atoms with E-state index in [1.165, 1.54) is 0 Å². The van der Waals surface area contributed by atoms with E-state index in [1.54, 1.807) is 7.11 Å². The number of hydrogen-bond acceptors (Lipinski definition) is 3. The van der Waals surface area contributed by atoms with E-state index in [2.05, 4.69) is 12.2 Å². The third-order valence-electron chi connectivity index (χ3n) is 4.28. The highest BCUT2D eigenvalue weighted by Gasteiger charge is 2.56. The van der Waals surface area contributed by atoms with Crippen LogP contribution in [0.2, 0.25) is 0 Å². The van der Waals surface area contributed by atoms with Crippen molar-refractivity contribution in [1.29, 1.82) is 0 Å². The van der Waals surface area contributed by atoms with Gasteiger partial charge in [0.1, 0.15) is 6.61 Å². The molecule has 2 fully saturated rings. The monoisotopic (exact) mass is 213 g/mol. The Labute approximate surface area is 91.5 Å². The van der Waals surface area contributed by atoms with Crippen molar-refractivity contribution in [2.75, 3.05) is 26.8 Å². The molecule has 0 aromatic rings. The average Bonchev–Trinajstić information content (AvgIpc) is 2.84. The first-order chi connectivity index (χ1) is 7.18. The zero-order valence-electron chi connectivity index (χ0n) is 9.71. The van der Waals surface area contributed by atoms with Gasteiger partial charge in [0.05, 0.1) is 12.6 Å². The van der Waals surface area contributed by atoms with Gasteiger partial charge in [-0.3, -0.25) is 0 Å². The van der Waals surface area contributed by atoms with E-state index in [4.69, 9.17) is 4.84 Å². The fourth-order valence-corrected chi connectivity index (χ4v) is 3.27.